The van der Waals surface area contributed by atoms with E-state index in [9.17, 15) is 19.2 Å². The maximum Gasteiger partial charge on any atom is 0.353 e. The number of aryl methyl sites for hydroxylation is 1. The van der Waals surface area contributed by atoms with E-state index in [1.807, 2.05) is 36.4 Å². The number of aromatic nitrogens is 1. The number of oxime groups is 1. The van der Waals surface area contributed by atoms with Crippen LogP contribution in [0.4, 0.5) is 0 Å². The number of thiazole rings is 1. The van der Waals surface area contributed by atoms with Crippen LogP contribution >= 0.6 is 34.7 Å². The first-order chi connectivity index (χ1) is 20.6. The largest absolute Gasteiger partial charge is 0.457 e. The summed E-state index contributed by atoms with van der Waals surface area (Å²) < 4.78 is 5.43. The van der Waals surface area contributed by atoms with Crippen LogP contribution in [-0.4, -0.2) is 61.4 Å². The molecule has 1 saturated heterocycles. The van der Waals surface area contributed by atoms with Crippen LogP contribution in [0.5, 0.6) is 0 Å². The zero-order valence-electron chi connectivity index (χ0n) is 25.8. The lowest BCUT2D eigenvalue weighted by Gasteiger charge is -2.49. The normalized spacial score (nSPS) is 19.1. The average Bonchev–Trinajstić information content (AvgIpc) is 3.39. The minimum Gasteiger partial charge on any atom is -0.457 e. The van der Waals surface area contributed by atoms with Gasteiger partial charge in [0.1, 0.15) is 11.3 Å². The highest BCUT2D eigenvalue weighted by atomic mass is 35.5. The second kappa shape index (κ2) is 13.4. The molecule has 1 fully saturated rings. The number of alkyl halides is 1. The molecule has 234 valence electrons. The van der Waals surface area contributed by atoms with Gasteiger partial charge in [-0.15, -0.1) is 34.7 Å². The molecule has 2 aliphatic rings. The Labute approximate surface area is 270 Å². The molecule has 0 spiro atoms. The first kappa shape index (κ1) is 33.6. The lowest BCUT2D eigenvalue weighted by atomic mass is 9.88. The summed E-state index contributed by atoms with van der Waals surface area (Å²) in [4.78, 5) is 64.0. The number of ketones is 2. The van der Waals surface area contributed by atoms with Gasteiger partial charge >= 0.3 is 5.97 Å². The summed E-state index contributed by atoms with van der Waals surface area (Å²) in [6.07, 6.45) is 3.61. The van der Waals surface area contributed by atoms with Crippen LogP contribution in [0.15, 0.2) is 52.1 Å². The Morgan fingerprint density at radius 1 is 1.14 bits per heavy atom. The zero-order chi connectivity index (χ0) is 32.4. The summed E-state index contributed by atoms with van der Waals surface area (Å²) in [6.45, 7) is 11.5. The molecule has 1 aromatic carbocycles. The summed E-state index contributed by atoms with van der Waals surface area (Å²) >= 11 is 8.72. The van der Waals surface area contributed by atoms with Crippen LogP contribution in [0.2, 0.25) is 0 Å². The van der Waals surface area contributed by atoms with E-state index in [4.69, 9.17) is 21.2 Å². The Morgan fingerprint density at radius 3 is 2.39 bits per heavy atom. The van der Waals surface area contributed by atoms with Crippen molar-refractivity contribution in [1.29, 1.82) is 0 Å². The van der Waals surface area contributed by atoms with Gasteiger partial charge in [-0.05, 0) is 58.2 Å². The van der Waals surface area contributed by atoms with Crippen molar-refractivity contribution >= 4 is 69.9 Å². The van der Waals surface area contributed by atoms with Gasteiger partial charge < -0.3 is 9.57 Å². The van der Waals surface area contributed by atoms with Crippen LogP contribution in [0, 0.1) is 12.8 Å². The smallest absolute Gasteiger partial charge is 0.353 e. The number of thioether (sulfide) groups is 1. The number of esters is 1. The van der Waals surface area contributed by atoms with Crippen molar-refractivity contribution in [3.63, 3.8) is 0 Å². The molecule has 0 aliphatic carbocycles. The summed E-state index contributed by atoms with van der Waals surface area (Å²) in [5.41, 5.74) is 1.05. The Balaban J connectivity index is 1.53. The number of hydrogen-bond donors (Lipinski definition) is 0. The predicted octanol–water partition coefficient (Wildman–Crippen LogP) is 6.08. The molecule has 3 heterocycles. The number of Topliss-reactive ketones (excluding diaryl/α,β-unsaturated/α-hetero) is 2. The molecule has 0 saturated carbocycles. The second-order valence-corrected chi connectivity index (χ2v) is 14.5. The fourth-order valence-electron chi connectivity index (χ4n) is 4.58. The molecular weight excluding hydrogens is 622 g/mol. The van der Waals surface area contributed by atoms with Crippen molar-refractivity contribution in [3.8, 4) is 0 Å². The molecule has 1 aromatic heterocycles. The maximum absolute atomic E-state index is 13.6. The van der Waals surface area contributed by atoms with Gasteiger partial charge in [-0.1, -0.05) is 41.6 Å². The van der Waals surface area contributed by atoms with E-state index < -0.39 is 28.9 Å². The molecule has 0 radical (unpaired) electrons. The number of halogens is 1. The van der Waals surface area contributed by atoms with Crippen LogP contribution in [-0.2, 0) is 34.6 Å². The first-order valence-corrected chi connectivity index (χ1v) is 16.5. The van der Waals surface area contributed by atoms with E-state index in [-0.39, 0.29) is 29.2 Å². The van der Waals surface area contributed by atoms with Gasteiger partial charge in [0.25, 0.3) is 0 Å². The highest BCUT2D eigenvalue weighted by Crippen LogP contribution is 2.45. The highest BCUT2D eigenvalue weighted by molar-refractivity contribution is 8.00. The molecule has 0 unspecified atom stereocenters. The number of amides is 1. The average molecular weight is 658 g/mol. The Bertz CT molecular complexity index is 1550. The van der Waals surface area contributed by atoms with Crippen molar-refractivity contribution in [2.45, 2.75) is 77.3 Å². The molecule has 0 bridgehead atoms. The van der Waals surface area contributed by atoms with Gasteiger partial charge in [0.05, 0.1) is 22.0 Å². The van der Waals surface area contributed by atoms with E-state index in [1.165, 1.54) is 48.8 Å². The van der Waals surface area contributed by atoms with E-state index in [2.05, 4.69) is 10.1 Å². The lowest BCUT2D eigenvalue weighted by Crippen LogP contribution is -2.61. The van der Waals surface area contributed by atoms with E-state index in [1.54, 1.807) is 33.1 Å². The number of rotatable bonds is 11. The summed E-state index contributed by atoms with van der Waals surface area (Å²) in [7, 11) is 0. The quantitative estimate of drug-likeness (QED) is 0.0939. The highest BCUT2D eigenvalue weighted by Gasteiger charge is 2.53. The van der Waals surface area contributed by atoms with Crippen LogP contribution in [0.3, 0.4) is 0 Å². The number of nitrogens with zero attached hydrogens (tertiary/aromatic N) is 3. The standard InChI is InChI=1S/C32H36ClN3O6S2/c1-18(37)27-22(13-12-20-8-10-21(15-33)11-9-20)16-44-29-23(28(39)36(27)29)14-25(38)26(24-17-43-19(2)34-24)35-42-32(6,7)30(40)41-31(3,4)5/h8-13,17,23,29H,14-16H2,1-7H3/b13-12+,35-26-/t23-,29-/m1/s1. The second-order valence-electron chi connectivity index (χ2n) is 12.1. The molecule has 2 aliphatic heterocycles. The molecule has 9 nitrogen and oxygen atoms in total. The number of carbonyl (C=O) groups excluding carboxylic acids is 4. The van der Waals surface area contributed by atoms with Gasteiger partial charge in [0, 0.05) is 30.4 Å². The number of fused-ring (bicyclic) bond motifs is 1. The molecule has 2 aromatic rings. The van der Waals surface area contributed by atoms with E-state index >= 15 is 0 Å². The topological polar surface area (TPSA) is 115 Å². The number of carbonyl (C=O) groups is 4. The maximum atomic E-state index is 13.6. The molecule has 2 atom stereocenters. The molecular formula is C32H36ClN3O6S2. The van der Waals surface area contributed by atoms with Crippen molar-refractivity contribution in [2.75, 3.05) is 5.75 Å². The summed E-state index contributed by atoms with van der Waals surface area (Å²) in [6, 6.07) is 7.76. The summed E-state index contributed by atoms with van der Waals surface area (Å²) in [5, 5.41) is 6.11. The van der Waals surface area contributed by atoms with Crippen molar-refractivity contribution < 1.29 is 28.8 Å². The fourth-order valence-corrected chi connectivity index (χ4v) is 6.75. The minimum atomic E-state index is -1.48. The van der Waals surface area contributed by atoms with Gasteiger partial charge in [-0.25, -0.2) is 9.78 Å². The summed E-state index contributed by atoms with van der Waals surface area (Å²) in [5.74, 6) is -1.34. The van der Waals surface area contributed by atoms with Crippen molar-refractivity contribution in [2.24, 2.45) is 11.1 Å². The van der Waals surface area contributed by atoms with Gasteiger partial charge in [-0.3, -0.25) is 19.3 Å². The Morgan fingerprint density at radius 2 is 1.82 bits per heavy atom. The molecule has 12 heteroatoms. The molecule has 0 N–H and O–H groups in total. The monoisotopic (exact) mass is 657 g/mol. The molecule has 4 rings (SSSR count). The third kappa shape index (κ3) is 7.68. The SMILES string of the molecule is CC(=O)C1=C(/C=C/c2ccc(CCl)cc2)CS[C@@H]2[C@H](CC(=O)/C(=N\OC(C)(C)C(=O)OC(C)(C)C)c3csc(C)n3)C(=O)N12. The number of benzene rings is 1. The lowest BCUT2D eigenvalue weighted by molar-refractivity contribution is -0.179. The zero-order valence-corrected chi connectivity index (χ0v) is 28.2. The van der Waals surface area contributed by atoms with Gasteiger partial charge in [0.15, 0.2) is 17.3 Å². The third-order valence-electron chi connectivity index (χ3n) is 6.84. The van der Waals surface area contributed by atoms with Crippen molar-refractivity contribution in [3.05, 3.63) is 68.8 Å². The number of β-lactam (4-membered cyclic amide) rings is 1. The number of allylic oxidation sites excluding steroid dienone is 2. The predicted molar refractivity (Wildman–Crippen MR) is 173 cm³/mol. The first-order valence-electron chi connectivity index (χ1n) is 14.1. The van der Waals surface area contributed by atoms with Crippen LogP contribution < -0.4 is 0 Å². The van der Waals surface area contributed by atoms with E-state index in [0.29, 0.717) is 28.0 Å². The van der Waals surface area contributed by atoms with Crippen molar-refractivity contribution in [1.82, 2.24) is 9.88 Å². The Hall–Kier alpha value is -3.28. The van der Waals surface area contributed by atoms with E-state index in [0.717, 1.165) is 16.7 Å². The Kier molecular flexibility index (Phi) is 10.2. The molecule has 44 heavy (non-hydrogen) atoms. The third-order valence-corrected chi connectivity index (χ3v) is 9.28. The number of ether oxygens (including phenoxy) is 1. The minimum absolute atomic E-state index is 0.0795. The van der Waals surface area contributed by atoms with Gasteiger partial charge in [0.2, 0.25) is 11.5 Å². The number of hydrogen-bond acceptors (Lipinski definition) is 10. The van der Waals surface area contributed by atoms with Crippen LogP contribution in [0.1, 0.15) is 69.8 Å². The van der Waals surface area contributed by atoms with Gasteiger partial charge in [-0.2, -0.15) is 0 Å². The molecule has 1 amide bonds. The van der Waals surface area contributed by atoms with Crippen LogP contribution in [0.25, 0.3) is 6.08 Å². The fraction of sp³-hybridized carbons (Fsp3) is 0.438.